The first-order valence-electron chi connectivity index (χ1n) is 10.8. The average molecular weight is 428 g/mol. The molecule has 8 heteroatoms. The lowest BCUT2D eigenvalue weighted by molar-refractivity contribution is -0.133. The number of aliphatic carboxylic acids is 1. The minimum atomic E-state index is -1.000. The predicted molar refractivity (Wildman–Crippen MR) is 113 cm³/mol. The Balaban J connectivity index is 1.52. The van der Waals surface area contributed by atoms with Crippen LogP contribution in [0.4, 0.5) is 5.00 Å². The van der Waals surface area contributed by atoms with Crippen LogP contribution in [0.3, 0.4) is 0 Å². The van der Waals surface area contributed by atoms with Crippen LogP contribution in [0.2, 0.25) is 0 Å². The second-order valence-corrected chi connectivity index (χ2v) is 9.63. The van der Waals surface area contributed by atoms with Crippen molar-refractivity contribution in [3.05, 3.63) is 27.4 Å². The van der Waals surface area contributed by atoms with Crippen LogP contribution < -0.4 is 5.32 Å². The van der Waals surface area contributed by atoms with Crippen LogP contribution in [0.25, 0.3) is 11.5 Å². The van der Waals surface area contributed by atoms with E-state index in [1.54, 1.807) is 11.3 Å². The van der Waals surface area contributed by atoms with Gasteiger partial charge in [0.05, 0.1) is 5.56 Å². The molecule has 1 atom stereocenters. The molecule has 1 amide bonds. The molecule has 1 fully saturated rings. The molecular formula is C22H25N3O4S. The highest BCUT2D eigenvalue weighted by molar-refractivity contribution is 7.17. The molecule has 0 bridgehead atoms. The number of rotatable bonds is 6. The Kier molecular flexibility index (Phi) is 4.97. The van der Waals surface area contributed by atoms with Crippen molar-refractivity contribution in [3.63, 3.8) is 0 Å². The molecule has 3 aliphatic rings. The van der Waals surface area contributed by atoms with Gasteiger partial charge in [0, 0.05) is 21.9 Å². The fourth-order valence-electron chi connectivity index (χ4n) is 4.57. The summed E-state index contributed by atoms with van der Waals surface area (Å²) in [5.41, 5.74) is 2.66. The van der Waals surface area contributed by atoms with Crippen LogP contribution in [0.15, 0.2) is 15.7 Å². The lowest BCUT2D eigenvalue weighted by Gasteiger charge is -2.20. The number of fused-ring (bicyclic) bond motifs is 1. The van der Waals surface area contributed by atoms with E-state index in [2.05, 4.69) is 22.4 Å². The largest absolute Gasteiger partial charge is 0.478 e. The molecule has 5 rings (SSSR count). The Labute approximate surface area is 178 Å². The van der Waals surface area contributed by atoms with Gasteiger partial charge in [0.15, 0.2) is 5.82 Å². The van der Waals surface area contributed by atoms with E-state index in [0.717, 1.165) is 49.9 Å². The van der Waals surface area contributed by atoms with E-state index in [1.165, 1.54) is 10.4 Å². The zero-order valence-electron chi connectivity index (χ0n) is 17.0. The molecule has 1 unspecified atom stereocenters. The van der Waals surface area contributed by atoms with Gasteiger partial charge < -0.3 is 14.9 Å². The van der Waals surface area contributed by atoms with Crippen LogP contribution in [-0.2, 0) is 22.4 Å². The predicted octanol–water partition coefficient (Wildman–Crippen LogP) is 4.69. The van der Waals surface area contributed by atoms with Gasteiger partial charge in [-0.3, -0.25) is 4.79 Å². The Morgan fingerprint density at radius 2 is 2.00 bits per heavy atom. The van der Waals surface area contributed by atoms with E-state index in [4.69, 9.17) is 4.52 Å². The number of anilines is 1. The quantitative estimate of drug-likeness (QED) is 0.693. The highest BCUT2D eigenvalue weighted by Crippen LogP contribution is 2.46. The highest BCUT2D eigenvalue weighted by Gasteiger charge is 2.33. The van der Waals surface area contributed by atoms with E-state index in [-0.39, 0.29) is 11.5 Å². The Morgan fingerprint density at radius 1 is 1.20 bits per heavy atom. The lowest BCUT2D eigenvalue weighted by atomic mass is 9.85. The van der Waals surface area contributed by atoms with Crippen LogP contribution in [-0.4, -0.2) is 27.1 Å². The summed E-state index contributed by atoms with van der Waals surface area (Å²) in [6.45, 7) is 2.22. The van der Waals surface area contributed by atoms with Crippen molar-refractivity contribution < 1.29 is 19.2 Å². The maximum Gasteiger partial charge on any atom is 0.332 e. The number of amides is 1. The zero-order valence-corrected chi connectivity index (χ0v) is 17.8. The zero-order chi connectivity index (χ0) is 20.8. The van der Waals surface area contributed by atoms with Gasteiger partial charge in [-0.15, -0.1) is 11.3 Å². The Bertz CT molecular complexity index is 1050. The second kappa shape index (κ2) is 7.65. The number of carbonyl (C=O) groups excluding carboxylic acids is 1. The Hall–Kier alpha value is -2.48. The smallest absolute Gasteiger partial charge is 0.332 e. The number of carboxylic acid groups (broad SMARTS) is 1. The van der Waals surface area contributed by atoms with Crippen molar-refractivity contribution >= 4 is 28.2 Å². The molecule has 0 radical (unpaired) electrons. The maximum atomic E-state index is 13.0. The molecule has 1 saturated carbocycles. The van der Waals surface area contributed by atoms with Crippen LogP contribution in [0.5, 0.6) is 0 Å². The summed E-state index contributed by atoms with van der Waals surface area (Å²) in [6, 6.07) is 0. The molecule has 2 heterocycles. The summed E-state index contributed by atoms with van der Waals surface area (Å²) in [7, 11) is 0. The third-order valence-corrected chi connectivity index (χ3v) is 7.69. The standard InChI is InChI=1S/C22H25N3O4S/c1-2-11-6-9-15-16(10-11)30-21(17(15)20-23-18(25-29-20)12-7-8-12)24-19(26)13-4-3-5-14(13)22(27)28/h11-12H,2-10H2,1H3,(H,24,26)(H,27,28). The molecular weight excluding hydrogens is 402 g/mol. The number of nitrogens with one attached hydrogen (secondary N) is 1. The lowest BCUT2D eigenvalue weighted by Crippen LogP contribution is -2.16. The summed E-state index contributed by atoms with van der Waals surface area (Å²) in [6.07, 6.45) is 7.99. The summed E-state index contributed by atoms with van der Waals surface area (Å²) in [4.78, 5) is 30.4. The molecule has 2 N–H and O–H groups in total. The molecule has 0 aliphatic heterocycles. The van der Waals surface area contributed by atoms with Crippen molar-refractivity contribution in [2.24, 2.45) is 5.92 Å². The van der Waals surface area contributed by atoms with Gasteiger partial charge in [-0.2, -0.15) is 4.98 Å². The molecule has 3 aliphatic carbocycles. The molecule has 158 valence electrons. The van der Waals surface area contributed by atoms with Crippen LogP contribution in [0.1, 0.15) is 74.1 Å². The number of carbonyl (C=O) groups is 2. The number of nitrogens with zero attached hydrogens (tertiary/aromatic N) is 2. The van der Waals surface area contributed by atoms with Gasteiger partial charge in [-0.1, -0.05) is 18.5 Å². The van der Waals surface area contributed by atoms with E-state index in [1.807, 2.05) is 0 Å². The van der Waals surface area contributed by atoms with Gasteiger partial charge in [0.1, 0.15) is 5.00 Å². The normalized spacial score (nSPS) is 21.0. The monoisotopic (exact) mass is 427 g/mol. The van der Waals surface area contributed by atoms with Crippen molar-refractivity contribution in [2.75, 3.05) is 5.32 Å². The van der Waals surface area contributed by atoms with Gasteiger partial charge in [-0.05, 0) is 62.8 Å². The fraction of sp³-hybridized carbons (Fsp3) is 0.545. The molecule has 7 nitrogen and oxygen atoms in total. The summed E-state index contributed by atoms with van der Waals surface area (Å²) in [5.74, 6) is 0.933. The third kappa shape index (κ3) is 3.47. The van der Waals surface area contributed by atoms with Crippen molar-refractivity contribution in [1.82, 2.24) is 10.1 Å². The van der Waals surface area contributed by atoms with Gasteiger partial charge >= 0.3 is 5.97 Å². The Morgan fingerprint density at radius 3 is 2.73 bits per heavy atom. The van der Waals surface area contributed by atoms with Crippen LogP contribution in [0, 0.1) is 5.92 Å². The number of thiophene rings is 1. The summed E-state index contributed by atoms with van der Waals surface area (Å²) in [5, 5.41) is 17.3. The highest BCUT2D eigenvalue weighted by atomic mass is 32.1. The van der Waals surface area contributed by atoms with E-state index >= 15 is 0 Å². The minimum Gasteiger partial charge on any atom is -0.478 e. The van der Waals surface area contributed by atoms with Gasteiger partial charge in [0.2, 0.25) is 0 Å². The topological polar surface area (TPSA) is 105 Å². The minimum absolute atomic E-state index is 0.232. The SMILES string of the molecule is CCC1CCc2c(sc(NC(=O)C3=C(C(=O)O)CCC3)c2-c2nc(C3CC3)no2)C1. The molecule has 2 aromatic rings. The van der Waals surface area contributed by atoms with E-state index in [9.17, 15) is 14.7 Å². The summed E-state index contributed by atoms with van der Waals surface area (Å²) >= 11 is 1.58. The van der Waals surface area contributed by atoms with E-state index < -0.39 is 5.97 Å². The first-order valence-corrected chi connectivity index (χ1v) is 11.6. The van der Waals surface area contributed by atoms with Crippen molar-refractivity contribution in [2.45, 2.75) is 70.6 Å². The first-order chi connectivity index (χ1) is 14.5. The second-order valence-electron chi connectivity index (χ2n) is 8.53. The number of hydrogen-bond donors (Lipinski definition) is 2. The number of carboxylic acids is 1. The number of hydrogen-bond acceptors (Lipinski definition) is 6. The van der Waals surface area contributed by atoms with Crippen LogP contribution >= 0.6 is 11.3 Å². The van der Waals surface area contributed by atoms with Crippen molar-refractivity contribution in [3.8, 4) is 11.5 Å². The maximum absolute atomic E-state index is 13.0. The molecule has 0 saturated heterocycles. The van der Waals surface area contributed by atoms with E-state index in [0.29, 0.717) is 47.6 Å². The first kappa shape index (κ1) is 19.5. The molecule has 30 heavy (non-hydrogen) atoms. The van der Waals surface area contributed by atoms with Crippen molar-refractivity contribution in [1.29, 1.82) is 0 Å². The molecule has 0 spiro atoms. The fourth-order valence-corrected chi connectivity index (χ4v) is 5.92. The molecule has 0 aromatic carbocycles. The average Bonchev–Trinajstić information content (AvgIpc) is 3.16. The van der Waals surface area contributed by atoms with Gasteiger partial charge in [0.25, 0.3) is 11.8 Å². The van der Waals surface area contributed by atoms with Gasteiger partial charge in [-0.25, -0.2) is 4.79 Å². The molecule has 2 aromatic heterocycles. The third-order valence-electron chi connectivity index (χ3n) is 6.52. The summed E-state index contributed by atoms with van der Waals surface area (Å²) < 4.78 is 5.62. The number of aromatic nitrogens is 2.